The highest BCUT2D eigenvalue weighted by atomic mass is 32.2. The molecule has 1 fully saturated rings. The van der Waals surface area contributed by atoms with Crippen LogP contribution in [0, 0.1) is 11.8 Å². The van der Waals surface area contributed by atoms with Gasteiger partial charge in [0, 0.05) is 18.3 Å². The second-order valence-corrected chi connectivity index (χ2v) is 7.89. The standard InChI is InChI=1S/C16H26N2O2S/c1-4-17-14-6-8-15(9-7-14)21(19,20)18-16-10-5-12(2)11-13(16)3/h6-9,12-13,16-18H,4-5,10-11H2,1-3H3. The molecule has 1 saturated carbocycles. The van der Waals surface area contributed by atoms with Gasteiger partial charge < -0.3 is 5.32 Å². The van der Waals surface area contributed by atoms with Crippen LogP contribution in [0.4, 0.5) is 5.69 Å². The fourth-order valence-corrected chi connectivity index (χ4v) is 4.44. The Labute approximate surface area is 128 Å². The zero-order valence-electron chi connectivity index (χ0n) is 13.1. The Balaban J connectivity index is 2.07. The summed E-state index contributed by atoms with van der Waals surface area (Å²) in [7, 11) is -3.42. The highest BCUT2D eigenvalue weighted by Gasteiger charge is 2.29. The Morgan fingerprint density at radius 3 is 2.38 bits per heavy atom. The predicted octanol–water partition coefficient (Wildman–Crippen LogP) is 3.22. The van der Waals surface area contributed by atoms with Crippen molar-refractivity contribution in [2.75, 3.05) is 11.9 Å². The van der Waals surface area contributed by atoms with Gasteiger partial charge >= 0.3 is 0 Å². The summed E-state index contributed by atoms with van der Waals surface area (Å²) in [5.74, 6) is 1.09. The Bertz CT molecular complexity index is 554. The number of anilines is 1. The lowest BCUT2D eigenvalue weighted by molar-refractivity contribution is 0.249. The maximum Gasteiger partial charge on any atom is 0.240 e. The number of rotatable bonds is 5. The van der Waals surface area contributed by atoms with Gasteiger partial charge in [0.25, 0.3) is 0 Å². The number of hydrogen-bond donors (Lipinski definition) is 2. The normalized spacial score (nSPS) is 26.5. The minimum atomic E-state index is -3.42. The monoisotopic (exact) mass is 310 g/mol. The van der Waals surface area contributed by atoms with E-state index < -0.39 is 10.0 Å². The lowest BCUT2D eigenvalue weighted by Crippen LogP contribution is -2.42. The molecule has 21 heavy (non-hydrogen) atoms. The molecule has 0 aromatic heterocycles. The van der Waals surface area contributed by atoms with E-state index in [0.717, 1.165) is 31.5 Å². The van der Waals surface area contributed by atoms with Gasteiger partial charge in [-0.05, 0) is 62.3 Å². The Kier molecular flexibility index (Phi) is 5.27. The van der Waals surface area contributed by atoms with Gasteiger partial charge in [-0.3, -0.25) is 0 Å². The molecule has 0 saturated heterocycles. The predicted molar refractivity (Wildman–Crippen MR) is 86.9 cm³/mol. The third-order valence-corrected chi connectivity index (χ3v) is 5.79. The van der Waals surface area contributed by atoms with Crippen molar-refractivity contribution in [1.29, 1.82) is 0 Å². The molecule has 1 aliphatic carbocycles. The molecule has 1 aromatic carbocycles. The molecule has 0 aliphatic heterocycles. The smallest absolute Gasteiger partial charge is 0.240 e. The van der Waals surface area contributed by atoms with E-state index in [4.69, 9.17) is 0 Å². The summed E-state index contributed by atoms with van der Waals surface area (Å²) >= 11 is 0. The highest BCUT2D eigenvalue weighted by Crippen LogP contribution is 2.29. The van der Waals surface area contributed by atoms with Crippen LogP contribution in [0.25, 0.3) is 0 Å². The van der Waals surface area contributed by atoms with Gasteiger partial charge in [0.15, 0.2) is 0 Å². The SMILES string of the molecule is CCNc1ccc(S(=O)(=O)NC2CCC(C)CC2C)cc1. The molecule has 0 amide bonds. The van der Waals surface area contributed by atoms with Gasteiger partial charge in [0.1, 0.15) is 0 Å². The van der Waals surface area contributed by atoms with Crippen molar-refractivity contribution < 1.29 is 8.42 Å². The molecule has 118 valence electrons. The first kappa shape index (κ1) is 16.3. The van der Waals surface area contributed by atoms with Crippen molar-refractivity contribution in [2.45, 2.75) is 51.0 Å². The van der Waals surface area contributed by atoms with Crippen LogP contribution in [0.3, 0.4) is 0 Å². The van der Waals surface area contributed by atoms with Crippen molar-refractivity contribution in [2.24, 2.45) is 11.8 Å². The first-order chi connectivity index (χ1) is 9.92. The molecule has 1 aliphatic rings. The fraction of sp³-hybridized carbons (Fsp3) is 0.625. The largest absolute Gasteiger partial charge is 0.385 e. The van der Waals surface area contributed by atoms with Crippen LogP contribution < -0.4 is 10.0 Å². The molecule has 1 aromatic rings. The lowest BCUT2D eigenvalue weighted by Gasteiger charge is -2.32. The topological polar surface area (TPSA) is 58.2 Å². The van der Waals surface area contributed by atoms with E-state index in [0.29, 0.717) is 16.7 Å². The summed E-state index contributed by atoms with van der Waals surface area (Å²) in [6.07, 6.45) is 3.11. The van der Waals surface area contributed by atoms with Gasteiger partial charge in [0.2, 0.25) is 10.0 Å². The summed E-state index contributed by atoms with van der Waals surface area (Å²) < 4.78 is 27.8. The third kappa shape index (κ3) is 4.20. The Hall–Kier alpha value is -1.07. The van der Waals surface area contributed by atoms with E-state index in [1.165, 1.54) is 0 Å². The van der Waals surface area contributed by atoms with E-state index in [1.807, 2.05) is 19.1 Å². The maximum atomic E-state index is 12.5. The quantitative estimate of drug-likeness (QED) is 0.878. The minimum Gasteiger partial charge on any atom is -0.385 e. The molecule has 5 heteroatoms. The Morgan fingerprint density at radius 2 is 1.81 bits per heavy atom. The number of benzene rings is 1. The number of sulfonamides is 1. The van der Waals surface area contributed by atoms with Crippen molar-refractivity contribution in [3.05, 3.63) is 24.3 Å². The van der Waals surface area contributed by atoms with E-state index >= 15 is 0 Å². The molecule has 3 unspecified atom stereocenters. The van der Waals surface area contributed by atoms with Crippen molar-refractivity contribution >= 4 is 15.7 Å². The zero-order valence-corrected chi connectivity index (χ0v) is 13.9. The third-order valence-electron chi connectivity index (χ3n) is 4.28. The average molecular weight is 310 g/mol. The van der Waals surface area contributed by atoms with Gasteiger partial charge in [-0.25, -0.2) is 13.1 Å². The van der Waals surface area contributed by atoms with E-state index in [2.05, 4.69) is 23.9 Å². The zero-order chi connectivity index (χ0) is 15.5. The Morgan fingerprint density at radius 1 is 1.14 bits per heavy atom. The second-order valence-electron chi connectivity index (χ2n) is 6.18. The summed E-state index contributed by atoms with van der Waals surface area (Å²) in [5.41, 5.74) is 0.941. The highest BCUT2D eigenvalue weighted by molar-refractivity contribution is 7.89. The molecule has 0 radical (unpaired) electrons. The van der Waals surface area contributed by atoms with Crippen LogP contribution in [0.15, 0.2) is 29.2 Å². The fourth-order valence-electron chi connectivity index (χ4n) is 3.06. The van der Waals surface area contributed by atoms with Crippen molar-refractivity contribution in [3.8, 4) is 0 Å². The molecule has 2 rings (SSSR count). The van der Waals surface area contributed by atoms with Gasteiger partial charge in [-0.15, -0.1) is 0 Å². The molecule has 4 nitrogen and oxygen atoms in total. The first-order valence-electron chi connectivity index (χ1n) is 7.78. The molecular weight excluding hydrogens is 284 g/mol. The van der Waals surface area contributed by atoms with Crippen LogP contribution in [0.1, 0.15) is 40.0 Å². The minimum absolute atomic E-state index is 0.0552. The average Bonchev–Trinajstić information content (AvgIpc) is 2.43. The molecule has 0 bridgehead atoms. The molecule has 0 spiro atoms. The van der Waals surface area contributed by atoms with E-state index in [9.17, 15) is 8.42 Å². The summed E-state index contributed by atoms with van der Waals surface area (Å²) in [4.78, 5) is 0.343. The summed E-state index contributed by atoms with van der Waals surface area (Å²) in [5, 5.41) is 3.16. The van der Waals surface area contributed by atoms with Crippen LogP contribution in [0.2, 0.25) is 0 Å². The van der Waals surface area contributed by atoms with Crippen molar-refractivity contribution in [1.82, 2.24) is 4.72 Å². The van der Waals surface area contributed by atoms with Gasteiger partial charge in [0.05, 0.1) is 4.90 Å². The maximum absolute atomic E-state index is 12.5. The lowest BCUT2D eigenvalue weighted by atomic mass is 9.80. The van der Waals surface area contributed by atoms with Crippen LogP contribution in [-0.4, -0.2) is 21.0 Å². The summed E-state index contributed by atoms with van der Waals surface area (Å²) in [6, 6.07) is 7.00. The van der Waals surface area contributed by atoms with Crippen LogP contribution in [-0.2, 0) is 10.0 Å². The van der Waals surface area contributed by atoms with E-state index in [1.54, 1.807) is 12.1 Å². The van der Waals surface area contributed by atoms with Crippen LogP contribution >= 0.6 is 0 Å². The van der Waals surface area contributed by atoms with Gasteiger partial charge in [-0.1, -0.05) is 13.8 Å². The number of hydrogen-bond acceptors (Lipinski definition) is 3. The molecule has 3 atom stereocenters. The summed E-state index contributed by atoms with van der Waals surface area (Å²) in [6.45, 7) is 7.21. The molecule has 0 heterocycles. The van der Waals surface area contributed by atoms with Crippen LogP contribution in [0.5, 0.6) is 0 Å². The first-order valence-corrected chi connectivity index (χ1v) is 9.27. The molecule has 2 N–H and O–H groups in total. The number of nitrogens with one attached hydrogen (secondary N) is 2. The van der Waals surface area contributed by atoms with E-state index in [-0.39, 0.29) is 6.04 Å². The second kappa shape index (κ2) is 6.79. The molecular formula is C16H26N2O2S. The van der Waals surface area contributed by atoms with Gasteiger partial charge in [-0.2, -0.15) is 0 Å². The van der Waals surface area contributed by atoms with Crippen molar-refractivity contribution in [3.63, 3.8) is 0 Å².